The van der Waals surface area contributed by atoms with Gasteiger partial charge in [0, 0.05) is 13.8 Å². The van der Waals surface area contributed by atoms with Crippen molar-refractivity contribution in [3.05, 3.63) is 47.1 Å². The molecular weight excluding hydrogens is 202 g/mol. The van der Waals surface area contributed by atoms with Gasteiger partial charge in [0.1, 0.15) is 0 Å². The van der Waals surface area contributed by atoms with E-state index in [0.29, 0.717) is 11.4 Å². The molecule has 1 aromatic carbocycles. The third-order valence-corrected chi connectivity index (χ3v) is 2.86. The number of rotatable bonds is 0. The van der Waals surface area contributed by atoms with Gasteiger partial charge in [-0.25, -0.2) is 4.98 Å². The number of fused-ring (bicyclic) bond motifs is 3. The number of imidazole rings is 1. The maximum atomic E-state index is 11.7. The molecule has 0 bridgehead atoms. The van der Waals surface area contributed by atoms with E-state index in [2.05, 4.69) is 4.98 Å². The number of aryl methyl sites for hydroxylation is 2. The first-order valence-corrected chi connectivity index (χ1v) is 5.15. The number of aromatic nitrogens is 3. The van der Waals surface area contributed by atoms with Gasteiger partial charge in [-0.15, -0.1) is 0 Å². The Hall–Kier alpha value is -2.10. The van der Waals surface area contributed by atoms with Crippen LogP contribution < -0.4 is 4.73 Å². The highest BCUT2D eigenvalue weighted by Crippen LogP contribution is 2.17. The predicted octanol–water partition coefficient (Wildman–Crippen LogP) is 1.74. The van der Waals surface area contributed by atoms with Gasteiger partial charge in [0.05, 0.1) is 17.2 Å². The van der Waals surface area contributed by atoms with Crippen molar-refractivity contribution < 1.29 is 4.73 Å². The topological polar surface area (TPSA) is 44.2 Å². The van der Waals surface area contributed by atoms with Crippen molar-refractivity contribution in [2.45, 2.75) is 13.8 Å². The molecule has 3 aromatic rings. The minimum atomic E-state index is 0.635. The minimum absolute atomic E-state index is 0.635. The lowest BCUT2D eigenvalue weighted by Crippen LogP contribution is -2.34. The first-order chi connectivity index (χ1) is 7.68. The molecule has 0 amide bonds. The van der Waals surface area contributed by atoms with Crippen LogP contribution >= 0.6 is 0 Å². The summed E-state index contributed by atoms with van der Waals surface area (Å²) >= 11 is 0. The molecule has 3 rings (SSSR count). The molecule has 4 heteroatoms. The predicted molar refractivity (Wildman–Crippen MR) is 61.1 cm³/mol. The summed E-state index contributed by atoms with van der Waals surface area (Å²) in [6.45, 7) is 3.59. The van der Waals surface area contributed by atoms with E-state index in [1.165, 1.54) is 0 Å². The molecule has 0 N–H and O–H groups in total. The molecule has 0 saturated carbocycles. The van der Waals surface area contributed by atoms with Crippen LogP contribution in [0.2, 0.25) is 0 Å². The van der Waals surface area contributed by atoms with E-state index >= 15 is 0 Å². The molecule has 4 nitrogen and oxygen atoms in total. The van der Waals surface area contributed by atoms with Crippen molar-refractivity contribution in [2.75, 3.05) is 0 Å². The van der Waals surface area contributed by atoms with Crippen LogP contribution in [0.25, 0.3) is 16.7 Å². The van der Waals surface area contributed by atoms with Crippen molar-refractivity contribution in [1.82, 2.24) is 9.38 Å². The molecule has 0 fully saturated rings. The molecule has 0 radical (unpaired) electrons. The standard InChI is InChI=1S/C12H11N3O/c1-8-7-14-11-6-4-3-5-10(11)13-12(14)9(2)15(8)16/h3-7H,1-2H3. The monoisotopic (exact) mass is 213 g/mol. The quantitative estimate of drug-likeness (QED) is 0.421. The Labute approximate surface area is 92.4 Å². The van der Waals surface area contributed by atoms with Gasteiger partial charge in [-0.1, -0.05) is 12.1 Å². The third kappa shape index (κ3) is 1.04. The molecule has 16 heavy (non-hydrogen) atoms. The zero-order valence-electron chi connectivity index (χ0n) is 9.14. The Morgan fingerprint density at radius 3 is 2.81 bits per heavy atom. The molecule has 0 aliphatic carbocycles. The largest absolute Gasteiger partial charge is 0.618 e. The van der Waals surface area contributed by atoms with Gasteiger partial charge in [0.25, 0.3) is 0 Å². The summed E-state index contributed by atoms with van der Waals surface area (Å²) in [6.07, 6.45) is 1.82. The Balaban J connectivity index is 2.60. The lowest BCUT2D eigenvalue weighted by Gasteiger charge is -2.05. The molecule has 0 saturated heterocycles. The number of hydrogen-bond acceptors (Lipinski definition) is 2. The van der Waals surface area contributed by atoms with E-state index in [1.54, 1.807) is 13.8 Å². The normalized spacial score (nSPS) is 11.4. The maximum Gasteiger partial charge on any atom is 0.233 e. The Morgan fingerprint density at radius 2 is 2.00 bits per heavy atom. The summed E-state index contributed by atoms with van der Waals surface area (Å²) in [4.78, 5) is 4.46. The van der Waals surface area contributed by atoms with E-state index in [-0.39, 0.29) is 0 Å². The lowest BCUT2D eigenvalue weighted by atomic mass is 10.3. The number of hydrogen-bond donors (Lipinski definition) is 0. The van der Waals surface area contributed by atoms with Crippen molar-refractivity contribution in [2.24, 2.45) is 0 Å². The molecule has 2 heterocycles. The molecule has 0 unspecified atom stereocenters. The molecular formula is C12H11N3O. The Bertz CT molecular complexity index is 700. The highest BCUT2D eigenvalue weighted by molar-refractivity contribution is 5.80. The summed E-state index contributed by atoms with van der Waals surface area (Å²) in [5, 5.41) is 11.7. The molecule has 80 valence electrons. The fourth-order valence-electron chi connectivity index (χ4n) is 2.03. The second-order valence-electron chi connectivity index (χ2n) is 3.94. The van der Waals surface area contributed by atoms with E-state index < -0.39 is 0 Å². The van der Waals surface area contributed by atoms with Crippen LogP contribution in [0.3, 0.4) is 0 Å². The fraction of sp³-hybridized carbons (Fsp3) is 0.167. The molecule has 0 aliphatic heterocycles. The summed E-state index contributed by atoms with van der Waals surface area (Å²) in [5.74, 6) is 0. The average Bonchev–Trinajstić information content (AvgIpc) is 2.65. The van der Waals surface area contributed by atoms with Crippen molar-refractivity contribution >= 4 is 16.7 Å². The van der Waals surface area contributed by atoms with Gasteiger partial charge < -0.3 is 5.21 Å². The summed E-state index contributed by atoms with van der Waals surface area (Å²) in [6, 6.07) is 7.87. The van der Waals surface area contributed by atoms with Gasteiger partial charge in [-0.05, 0) is 12.1 Å². The van der Waals surface area contributed by atoms with Gasteiger partial charge in [0.2, 0.25) is 17.0 Å². The molecule has 0 aliphatic rings. The van der Waals surface area contributed by atoms with Gasteiger partial charge in [-0.3, -0.25) is 4.40 Å². The molecule has 2 aromatic heterocycles. The van der Waals surface area contributed by atoms with Crippen molar-refractivity contribution in [3.63, 3.8) is 0 Å². The zero-order chi connectivity index (χ0) is 11.3. The zero-order valence-corrected chi connectivity index (χ0v) is 9.14. The van der Waals surface area contributed by atoms with E-state index in [9.17, 15) is 5.21 Å². The van der Waals surface area contributed by atoms with E-state index in [4.69, 9.17) is 0 Å². The molecule has 0 atom stereocenters. The highest BCUT2D eigenvalue weighted by Gasteiger charge is 2.14. The first-order valence-electron chi connectivity index (χ1n) is 5.15. The second-order valence-corrected chi connectivity index (χ2v) is 3.94. The van der Waals surface area contributed by atoms with Crippen LogP contribution in [0.1, 0.15) is 11.4 Å². The van der Waals surface area contributed by atoms with Gasteiger partial charge >= 0.3 is 0 Å². The Kier molecular flexibility index (Phi) is 1.68. The number of para-hydroxylation sites is 2. The van der Waals surface area contributed by atoms with Crippen molar-refractivity contribution in [1.29, 1.82) is 0 Å². The summed E-state index contributed by atoms with van der Waals surface area (Å²) in [7, 11) is 0. The Morgan fingerprint density at radius 1 is 1.25 bits per heavy atom. The van der Waals surface area contributed by atoms with Gasteiger partial charge in [-0.2, -0.15) is 4.73 Å². The SMILES string of the molecule is Cc1cn2c(nc3ccccc32)c(C)[n+]1[O-]. The van der Waals surface area contributed by atoms with Crippen LogP contribution in [0.15, 0.2) is 30.5 Å². The summed E-state index contributed by atoms with van der Waals surface area (Å²) < 4.78 is 2.88. The number of nitrogens with zero attached hydrogens (tertiary/aromatic N) is 3. The van der Waals surface area contributed by atoms with Crippen LogP contribution in [0.4, 0.5) is 0 Å². The third-order valence-electron chi connectivity index (χ3n) is 2.86. The fourth-order valence-corrected chi connectivity index (χ4v) is 2.03. The second kappa shape index (κ2) is 2.95. The molecule has 0 spiro atoms. The highest BCUT2D eigenvalue weighted by atomic mass is 16.5. The smallest absolute Gasteiger partial charge is 0.233 e. The van der Waals surface area contributed by atoms with E-state index in [1.807, 2.05) is 34.9 Å². The minimum Gasteiger partial charge on any atom is -0.618 e. The maximum absolute atomic E-state index is 11.7. The first kappa shape index (κ1) is 9.15. The number of benzene rings is 1. The van der Waals surface area contributed by atoms with Crippen molar-refractivity contribution in [3.8, 4) is 0 Å². The van der Waals surface area contributed by atoms with Crippen LogP contribution in [-0.2, 0) is 0 Å². The van der Waals surface area contributed by atoms with Crippen LogP contribution in [0, 0.1) is 19.1 Å². The lowest BCUT2D eigenvalue weighted by molar-refractivity contribution is -0.618. The van der Waals surface area contributed by atoms with E-state index in [0.717, 1.165) is 21.4 Å². The summed E-state index contributed by atoms with van der Waals surface area (Å²) in [5.41, 5.74) is 3.98. The van der Waals surface area contributed by atoms with Crippen LogP contribution in [-0.4, -0.2) is 9.38 Å². The van der Waals surface area contributed by atoms with Gasteiger partial charge in [0.15, 0.2) is 0 Å². The average molecular weight is 213 g/mol. The van der Waals surface area contributed by atoms with Crippen LogP contribution in [0.5, 0.6) is 0 Å².